The highest BCUT2D eigenvalue weighted by Gasteiger charge is 2.31. The number of aromatic nitrogens is 3. The molecule has 0 radical (unpaired) electrons. The van der Waals surface area contributed by atoms with Crippen LogP contribution in [0.3, 0.4) is 0 Å². The Hall–Kier alpha value is -2.99. The van der Waals surface area contributed by atoms with Crippen LogP contribution >= 0.6 is 0 Å². The molecule has 2 N–H and O–H groups in total. The van der Waals surface area contributed by atoms with Crippen LogP contribution in [0.15, 0.2) is 30.9 Å². The summed E-state index contributed by atoms with van der Waals surface area (Å²) in [5.41, 5.74) is -0.893. The van der Waals surface area contributed by atoms with Gasteiger partial charge in [-0.25, -0.2) is 9.67 Å². The van der Waals surface area contributed by atoms with E-state index in [0.717, 1.165) is 12.1 Å². The summed E-state index contributed by atoms with van der Waals surface area (Å²) in [7, 11) is 0. The minimum atomic E-state index is -4.55. The third-order valence-electron chi connectivity index (χ3n) is 4.98. The number of nitrogens with zero attached hydrogens (tertiary/aromatic N) is 5. The summed E-state index contributed by atoms with van der Waals surface area (Å²) in [5, 5.41) is 9.44. The predicted molar refractivity (Wildman–Crippen MR) is 116 cm³/mol. The van der Waals surface area contributed by atoms with E-state index in [1.54, 1.807) is 0 Å². The number of halogens is 3. The van der Waals surface area contributed by atoms with Crippen LogP contribution in [0, 0.1) is 0 Å². The molecule has 1 saturated heterocycles. The maximum atomic E-state index is 13.2. The minimum absolute atomic E-state index is 0.00203. The van der Waals surface area contributed by atoms with Crippen molar-refractivity contribution in [2.45, 2.75) is 32.5 Å². The first-order chi connectivity index (χ1) is 15.4. The second-order valence-corrected chi connectivity index (χ2v) is 8.97. The monoisotopic (exact) mass is 467 g/mol. The molecule has 2 aromatic rings. The smallest absolute Gasteiger partial charge is 0.350 e. The van der Waals surface area contributed by atoms with Crippen LogP contribution in [0.1, 0.15) is 26.3 Å². The molecule has 9 nitrogen and oxygen atoms in total. The number of alkyl halides is 3. The second kappa shape index (κ2) is 9.87. The molecular weight excluding hydrogens is 439 g/mol. The molecule has 33 heavy (non-hydrogen) atoms. The number of piperazine rings is 1. The number of amides is 2. The normalized spacial score (nSPS) is 15.9. The van der Waals surface area contributed by atoms with Crippen molar-refractivity contribution in [1.29, 1.82) is 0 Å². The highest BCUT2D eigenvalue weighted by Crippen LogP contribution is 2.33. The number of carbonyl (C=O) groups excluding carboxylic acids is 2. The Labute approximate surface area is 189 Å². The van der Waals surface area contributed by atoms with Crippen LogP contribution in [-0.2, 0) is 15.8 Å². The van der Waals surface area contributed by atoms with E-state index in [9.17, 15) is 22.8 Å². The van der Waals surface area contributed by atoms with Gasteiger partial charge in [-0.05, 0) is 39.0 Å². The molecule has 1 aliphatic heterocycles. The maximum Gasteiger partial charge on any atom is 0.416 e. The summed E-state index contributed by atoms with van der Waals surface area (Å²) >= 11 is 0. The van der Waals surface area contributed by atoms with Gasteiger partial charge >= 0.3 is 6.18 Å². The number of hydrogen-bond acceptors (Lipinski definition) is 6. The number of carbonyl (C=O) groups is 2. The first-order valence-corrected chi connectivity index (χ1v) is 10.5. The van der Waals surface area contributed by atoms with Gasteiger partial charge in [-0.15, -0.1) is 0 Å². The van der Waals surface area contributed by atoms with Gasteiger partial charge in [0.1, 0.15) is 12.7 Å². The van der Waals surface area contributed by atoms with Gasteiger partial charge in [-0.2, -0.15) is 18.3 Å². The number of anilines is 1. The van der Waals surface area contributed by atoms with E-state index < -0.39 is 17.6 Å². The van der Waals surface area contributed by atoms with Crippen LogP contribution in [0.4, 0.5) is 18.9 Å². The Morgan fingerprint density at radius 1 is 1.00 bits per heavy atom. The van der Waals surface area contributed by atoms with Gasteiger partial charge in [-0.1, -0.05) is 0 Å². The maximum absolute atomic E-state index is 13.2. The fourth-order valence-corrected chi connectivity index (χ4v) is 3.50. The Balaban J connectivity index is 1.58. The van der Waals surface area contributed by atoms with Crippen molar-refractivity contribution in [2.24, 2.45) is 0 Å². The second-order valence-electron chi connectivity index (χ2n) is 8.97. The Morgan fingerprint density at radius 3 is 2.12 bits per heavy atom. The number of hydrogen-bond donors (Lipinski definition) is 2. The zero-order valence-electron chi connectivity index (χ0n) is 18.8. The third-order valence-corrected chi connectivity index (χ3v) is 4.98. The Bertz CT molecular complexity index is 963. The topological polar surface area (TPSA) is 95.4 Å². The standard InChI is InChI=1S/C21H28F3N7O2/c1-20(2,3)28-19(33)12-30-8-6-29(7-9-30)11-18(32)27-16-10-15(21(22,23)24)4-5-17(16)31-14-25-13-26-31/h4-5,10,13-14H,6-9,11-12H2,1-3H3,(H,27,32)(H,28,33). The lowest BCUT2D eigenvalue weighted by atomic mass is 10.1. The lowest BCUT2D eigenvalue weighted by Gasteiger charge is -2.34. The van der Waals surface area contributed by atoms with Gasteiger partial charge in [0.25, 0.3) is 0 Å². The summed E-state index contributed by atoms with van der Waals surface area (Å²) in [6, 6.07) is 3.07. The molecule has 0 spiro atoms. The Morgan fingerprint density at radius 2 is 1.61 bits per heavy atom. The number of nitrogens with one attached hydrogen (secondary N) is 2. The highest BCUT2D eigenvalue weighted by atomic mass is 19.4. The molecule has 0 bridgehead atoms. The molecule has 1 aromatic heterocycles. The molecule has 0 unspecified atom stereocenters. The zero-order valence-corrected chi connectivity index (χ0v) is 18.8. The van der Waals surface area contributed by atoms with Crippen molar-refractivity contribution in [3.05, 3.63) is 36.4 Å². The Kier molecular flexibility index (Phi) is 7.38. The first kappa shape index (κ1) is 24.6. The van der Waals surface area contributed by atoms with Crippen LogP contribution in [0.5, 0.6) is 0 Å². The molecule has 2 heterocycles. The highest BCUT2D eigenvalue weighted by molar-refractivity contribution is 5.94. The van der Waals surface area contributed by atoms with Crippen molar-refractivity contribution < 1.29 is 22.8 Å². The van der Waals surface area contributed by atoms with Gasteiger partial charge < -0.3 is 10.6 Å². The van der Waals surface area contributed by atoms with E-state index in [0.29, 0.717) is 26.2 Å². The largest absolute Gasteiger partial charge is 0.416 e. The quantitative estimate of drug-likeness (QED) is 0.672. The molecule has 0 saturated carbocycles. The summed E-state index contributed by atoms with van der Waals surface area (Å²) in [6.07, 6.45) is -1.95. The van der Waals surface area contributed by atoms with Crippen molar-refractivity contribution in [3.63, 3.8) is 0 Å². The van der Waals surface area contributed by atoms with Gasteiger partial charge in [0.15, 0.2) is 0 Å². The van der Waals surface area contributed by atoms with E-state index in [1.807, 2.05) is 30.6 Å². The van der Waals surface area contributed by atoms with Crippen molar-refractivity contribution in [3.8, 4) is 5.69 Å². The SMILES string of the molecule is CC(C)(C)NC(=O)CN1CCN(CC(=O)Nc2cc(C(F)(F)F)ccc2-n2cncn2)CC1. The third kappa shape index (κ3) is 7.26. The van der Waals surface area contributed by atoms with Crippen LogP contribution in [0.25, 0.3) is 5.69 Å². The van der Waals surface area contributed by atoms with Gasteiger partial charge in [0.05, 0.1) is 30.0 Å². The lowest BCUT2D eigenvalue weighted by molar-refractivity contribution is -0.137. The predicted octanol–water partition coefficient (Wildman–Crippen LogP) is 1.76. The van der Waals surface area contributed by atoms with E-state index in [2.05, 4.69) is 20.7 Å². The van der Waals surface area contributed by atoms with E-state index in [-0.39, 0.29) is 35.9 Å². The van der Waals surface area contributed by atoms with Crippen molar-refractivity contribution in [1.82, 2.24) is 29.9 Å². The van der Waals surface area contributed by atoms with E-state index >= 15 is 0 Å². The van der Waals surface area contributed by atoms with Crippen LogP contribution in [0.2, 0.25) is 0 Å². The van der Waals surface area contributed by atoms with E-state index in [4.69, 9.17) is 0 Å². The molecule has 12 heteroatoms. The fraction of sp³-hybridized carbons (Fsp3) is 0.524. The van der Waals surface area contributed by atoms with Crippen LogP contribution < -0.4 is 10.6 Å². The minimum Gasteiger partial charge on any atom is -0.350 e. The molecule has 1 fully saturated rings. The molecule has 0 atom stereocenters. The first-order valence-electron chi connectivity index (χ1n) is 10.5. The van der Waals surface area contributed by atoms with Gasteiger partial charge in [-0.3, -0.25) is 19.4 Å². The lowest BCUT2D eigenvalue weighted by Crippen LogP contribution is -2.52. The van der Waals surface area contributed by atoms with E-state index in [1.165, 1.54) is 23.4 Å². The van der Waals surface area contributed by atoms with Gasteiger partial charge in [0.2, 0.25) is 11.8 Å². The molecule has 3 rings (SSSR count). The van der Waals surface area contributed by atoms with Crippen molar-refractivity contribution >= 4 is 17.5 Å². The van der Waals surface area contributed by atoms with Crippen molar-refractivity contribution in [2.75, 3.05) is 44.6 Å². The molecule has 180 valence electrons. The average molecular weight is 467 g/mol. The summed E-state index contributed by atoms with van der Waals surface area (Å²) in [4.78, 5) is 32.4. The summed E-state index contributed by atoms with van der Waals surface area (Å²) in [6.45, 7) is 8.40. The molecule has 1 aromatic carbocycles. The molecule has 1 aliphatic rings. The summed E-state index contributed by atoms with van der Waals surface area (Å²) < 4.78 is 40.8. The van der Waals surface area contributed by atoms with Gasteiger partial charge in [0, 0.05) is 31.7 Å². The molecule has 2 amide bonds. The summed E-state index contributed by atoms with van der Waals surface area (Å²) in [5.74, 6) is -0.492. The average Bonchev–Trinajstić information content (AvgIpc) is 3.22. The number of rotatable bonds is 6. The number of benzene rings is 1. The molecular formula is C21H28F3N7O2. The molecule has 0 aliphatic carbocycles. The fourth-order valence-electron chi connectivity index (χ4n) is 3.50. The van der Waals surface area contributed by atoms with Crippen LogP contribution in [-0.4, -0.2) is 81.2 Å². The zero-order chi connectivity index (χ0) is 24.2.